The normalized spacial score (nSPS) is 13.1. The van der Waals surface area contributed by atoms with Gasteiger partial charge in [-0.3, -0.25) is 4.79 Å². The van der Waals surface area contributed by atoms with Crippen molar-refractivity contribution in [1.82, 2.24) is 15.5 Å². The van der Waals surface area contributed by atoms with Gasteiger partial charge in [0.1, 0.15) is 19.8 Å². The van der Waals surface area contributed by atoms with Gasteiger partial charge in [0, 0.05) is 18.6 Å². The van der Waals surface area contributed by atoms with Crippen LogP contribution in [0.15, 0.2) is 12.1 Å². The Morgan fingerprint density at radius 1 is 1.22 bits per heavy atom. The van der Waals surface area contributed by atoms with E-state index in [1.54, 1.807) is 0 Å². The number of benzene rings is 1. The molecule has 3 amide bonds. The third kappa shape index (κ3) is 6.50. The van der Waals surface area contributed by atoms with Crippen LogP contribution in [0.5, 0.6) is 11.5 Å². The third-order valence-corrected chi connectivity index (χ3v) is 4.15. The predicted molar refractivity (Wildman–Crippen MR) is 105 cm³/mol. The fraction of sp³-hybridized carbons (Fsp3) is 0.579. The molecule has 0 fully saturated rings. The number of nitrogens with zero attached hydrogens (tertiary/aromatic N) is 1. The average Bonchev–Trinajstić information content (AvgIpc) is 2.58. The Labute approximate surface area is 165 Å². The van der Waals surface area contributed by atoms with Crippen LogP contribution in [0.4, 0.5) is 4.79 Å². The average molecular weight is 398 g/mol. The van der Waals surface area contributed by atoms with Gasteiger partial charge in [0.05, 0.1) is 5.02 Å². The van der Waals surface area contributed by atoms with Crippen LogP contribution < -0.4 is 20.1 Å². The summed E-state index contributed by atoms with van der Waals surface area (Å²) in [5, 5.41) is 6.20. The quantitative estimate of drug-likeness (QED) is 0.773. The minimum Gasteiger partial charge on any atom is -0.486 e. The highest BCUT2D eigenvalue weighted by atomic mass is 35.5. The van der Waals surface area contributed by atoms with Crippen molar-refractivity contribution in [2.24, 2.45) is 0 Å². The molecule has 0 radical (unpaired) electrons. The second kappa shape index (κ2) is 9.17. The molecule has 1 aliphatic rings. The molecule has 0 aromatic heterocycles. The maximum atomic E-state index is 12.3. The maximum Gasteiger partial charge on any atom is 0.317 e. The molecule has 0 aliphatic carbocycles. The first-order valence-electron chi connectivity index (χ1n) is 9.11. The Hall–Kier alpha value is -2.15. The molecule has 0 saturated heterocycles. The Morgan fingerprint density at radius 2 is 1.93 bits per heavy atom. The number of rotatable bonds is 6. The van der Waals surface area contributed by atoms with E-state index in [1.807, 2.05) is 39.8 Å². The summed E-state index contributed by atoms with van der Waals surface area (Å²) in [6, 6.07) is 3.42. The lowest BCUT2D eigenvalue weighted by Crippen LogP contribution is -2.49. The predicted octanol–water partition coefficient (Wildman–Crippen LogP) is 2.60. The van der Waals surface area contributed by atoms with Crippen LogP contribution >= 0.6 is 11.6 Å². The molecule has 7 nitrogen and oxygen atoms in total. The Balaban J connectivity index is 1.85. The highest BCUT2D eigenvalue weighted by Gasteiger charge is 2.20. The van der Waals surface area contributed by atoms with Crippen LogP contribution in [0.25, 0.3) is 0 Å². The summed E-state index contributed by atoms with van der Waals surface area (Å²) in [4.78, 5) is 25.8. The van der Waals surface area contributed by atoms with Gasteiger partial charge in [-0.15, -0.1) is 0 Å². The molecule has 0 atom stereocenters. The number of ether oxygens (including phenoxy) is 2. The van der Waals surface area contributed by atoms with Gasteiger partial charge < -0.3 is 25.0 Å². The van der Waals surface area contributed by atoms with Crippen molar-refractivity contribution in [2.45, 2.75) is 39.7 Å². The van der Waals surface area contributed by atoms with E-state index in [2.05, 4.69) is 10.6 Å². The molecule has 1 aromatic carbocycles. The van der Waals surface area contributed by atoms with Crippen molar-refractivity contribution in [3.8, 4) is 11.5 Å². The van der Waals surface area contributed by atoms with Gasteiger partial charge in [0.25, 0.3) is 0 Å². The van der Waals surface area contributed by atoms with E-state index in [0.717, 1.165) is 5.56 Å². The molecule has 0 spiro atoms. The fourth-order valence-electron chi connectivity index (χ4n) is 2.69. The summed E-state index contributed by atoms with van der Waals surface area (Å²) in [6.45, 7) is 9.41. The lowest BCUT2D eigenvalue weighted by Gasteiger charge is -2.25. The van der Waals surface area contributed by atoms with Crippen molar-refractivity contribution in [2.75, 3.05) is 32.8 Å². The van der Waals surface area contributed by atoms with Crippen molar-refractivity contribution in [3.63, 3.8) is 0 Å². The smallest absolute Gasteiger partial charge is 0.317 e. The standard InChI is InChI=1S/C19H28ClN3O4/c1-5-23(12-16(24)22-19(2,3)4)18(25)21-7-6-13-10-14(20)17-15(11-13)26-8-9-27-17/h10-11H,5-9,12H2,1-4H3,(H,21,25)(H,22,24). The summed E-state index contributed by atoms with van der Waals surface area (Å²) < 4.78 is 11.1. The van der Waals surface area contributed by atoms with E-state index < -0.39 is 0 Å². The Morgan fingerprint density at radius 3 is 2.59 bits per heavy atom. The first-order valence-corrected chi connectivity index (χ1v) is 9.49. The van der Waals surface area contributed by atoms with Gasteiger partial charge >= 0.3 is 6.03 Å². The lowest BCUT2D eigenvalue weighted by atomic mass is 10.1. The third-order valence-electron chi connectivity index (χ3n) is 3.86. The number of urea groups is 1. The zero-order valence-corrected chi connectivity index (χ0v) is 17.1. The molecule has 0 unspecified atom stereocenters. The zero-order valence-electron chi connectivity index (χ0n) is 16.4. The molecule has 1 aliphatic heterocycles. The Kier molecular flexibility index (Phi) is 7.18. The van der Waals surface area contributed by atoms with E-state index in [4.69, 9.17) is 21.1 Å². The fourth-order valence-corrected chi connectivity index (χ4v) is 2.98. The number of amides is 3. The molecule has 2 rings (SSSR count). The SMILES string of the molecule is CCN(CC(=O)NC(C)(C)C)C(=O)NCCc1cc(Cl)c2c(c1)OCCO2. The number of nitrogens with one attached hydrogen (secondary N) is 2. The van der Waals surface area contributed by atoms with Crippen LogP contribution in [0.2, 0.25) is 5.02 Å². The van der Waals surface area contributed by atoms with E-state index in [1.165, 1.54) is 4.90 Å². The maximum absolute atomic E-state index is 12.3. The molecule has 150 valence electrons. The number of carbonyl (C=O) groups is 2. The summed E-state index contributed by atoms with van der Waals surface area (Å²) in [7, 11) is 0. The number of halogens is 1. The highest BCUT2D eigenvalue weighted by Crippen LogP contribution is 2.38. The van der Waals surface area contributed by atoms with Gasteiger partial charge in [0.15, 0.2) is 11.5 Å². The topological polar surface area (TPSA) is 79.9 Å². The van der Waals surface area contributed by atoms with Crippen molar-refractivity contribution >= 4 is 23.5 Å². The van der Waals surface area contributed by atoms with Crippen molar-refractivity contribution in [1.29, 1.82) is 0 Å². The van der Waals surface area contributed by atoms with Crippen LogP contribution in [0, 0.1) is 0 Å². The monoisotopic (exact) mass is 397 g/mol. The first kappa shape index (κ1) is 21.2. The van der Waals surface area contributed by atoms with E-state index in [-0.39, 0.29) is 24.0 Å². The zero-order chi connectivity index (χ0) is 20.0. The number of hydrogen-bond acceptors (Lipinski definition) is 4. The molecule has 1 heterocycles. The largest absolute Gasteiger partial charge is 0.486 e. The highest BCUT2D eigenvalue weighted by molar-refractivity contribution is 6.32. The lowest BCUT2D eigenvalue weighted by molar-refractivity contribution is -0.123. The van der Waals surface area contributed by atoms with Crippen LogP contribution in [-0.2, 0) is 11.2 Å². The summed E-state index contributed by atoms with van der Waals surface area (Å²) in [6.07, 6.45) is 0.591. The number of hydrogen-bond donors (Lipinski definition) is 2. The molecule has 0 bridgehead atoms. The molecule has 8 heteroatoms. The second-order valence-electron chi connectivity index (χ2n) is 7.40. The Bertz CT molecular complexity index is 688. The minimum absolute atomic E-state index is 0.0233. The van der Waals surface area contributed by atoms with Gasteiger partial charge in [-0.25, -0.2) is 4.79 Å². The van der Waals surface area contributed by atoms with Crippen LogP contribution in [-0.4, -0.2) is 55.2 Å². The second-order valence-corrected chi connectivity index (χ2v) is 7.80. The summed E-state index contributed by atoms with van der Waals surface area (Å²) in [5.41, 5.74) is 0.614. The molecular weight excluding hydrogens is 370 g/mol. The van der Waals surface area contributed by atoms with Gasteiger partial charge in [-0.2, -0.15) is 0 Å². The van der Waals surface area contributed by atoms with Crippen LogP contribution in [0.3, 0.4) is 0 Å². The molecular formula is C19H28ClN3O4. The van der Waals surface area contributed by atoms with E-state index in [0.29, 0.717) is 49.2 Å². The van der Waals surface area contributed by atoms with Crippen molar-refractivity contribution < 1.29 is 19.1 Å². The number of fused-ring (bicyclic) bond motifs is 1. The summed E-state index contributed by atoms with van der Waals surface area (Å²) >= 11 is 6.23. The van der Waals surface area contributed by atoms with Crippen LogP contribution in [0.1, 0.15) is 33.3 Å². The van der Waals surface area contributed by atoms with Gasteiger partial charge in [0.2, 0.25) is 5.91 Å². The minimum atomic E-state index is -0.329. The van der Waals surface area contributed by atoms with E-state index >= 15 is 0 Å². The van der Waals surface area contributed by atoms with E-state index in [9.17, 15) is 9.59 Å². The number of carbonyl (C=O) groups excluding carboxylic acids is 2. The molecule has 2 N–H and O–H groups in total. The van der Waals surface area contributed by atoms with Gasteiger partial charge in [-0.1, -0.05) is 11.6 Å². The number of likely N-dealkylation sites (N-methyl/N-ethyl adjacent to an activating group) is 1. The first-order chi connectivity index (χ1) is 12.7. The van der Waals surface area contributed by atoms with Gasteiger partial charge in [-0.05, 0) is 51.8 Å². The summed E-state index contributed by atoms with van der Waals surface area (Å²) in [5.74, 6) is 1.01. The molecule has 1 aromatic rings. The van der Waals surface area contributed by atoms with Crippen molar-refractivity contribution in [3.05, 3.63) is 22.7 Å². The molecule has 0 saturated carbocycles. The molecule has 27 heavy (non-hydrogen) atoms.